The predicted molar refractivity (Wildman–Crippen MR) is 71.2 cm³/mol. The number of piperidine rings is 1. The van der Waals surface area contributed by atoms with Crippen molar-refractivity contribution in [1.82, 2.24) is 15.4 Å². The van der Waals surface area contributed by atoms with E-state index in [1.165, 1.54) is 12.8 Å². The third-order valence-electron chi connectivity index (χ3n) is 3.64. The van der Waals surface area contributed by atoms with E-state index in [9.17, 15) is 0 Å². The van der Waals surface area contributed by atoms with Gasteiger partial charge in [-0.15, -0.1) is 0 Å². The maximum Gasteiger partial charge on any atom is 0.209 e. The lowest BCUT2D eigenvalue weighted by molar-refractivity contribution is 0.183. The Bertz CT molecular complexity index is 233. The van der Waals surface area contributed by atoms with Crippen LogP contribution >= 0.6 is 0 Å². The fourth-order valence-corrected chi connectivity index (χ4v) is 2.40. The van der Waals surface area contributed by atoms with E-state index in [2.05, 4.69) is 31.2 Å². The van der Waals surface area contributed by atoms with Crippen LogP contribution < -0.4 is 11.4 Å². The van der Waals surface area contributed by atoms with Gasteiger partial charge in [0.2, 0.25) is 5.96 Å². The van der Waals surface area contributed by atoms with Gasteiger partial charge in [-0.2, -0.15) is 5.53 Å². The number of rotatable bonds is 4. The molecule has 5 heteroatoms. The number of hydrogen-bond donors (Lipinski definition) is 3. The van der Waals surface area contributed by atoms with Gasteiger partial charge in [-0.1, -0.05) is 20.8 Å². The van der Waals surface area contributed by atoms with Gasteiger partial charge < -0.3 is 4.90 Å². The summed E-state index contributed by atoms with van der Waals surface area (Å²) in [7, 11) is 0. The Kier molecular flexibility index (Phi) is 5.71. The highest BCUT2D eigenvalue weighted by Gasteiger charge is 2.24. The zero-order chi connectivity index (χ0) is 12.8. The monoisotopic (exact) mass is 241 g/mol. The van der Waals surface area contributed by atoms with E-state index in [1.54, 1.807) is 5.01 Å². The summed E-state index contributed by atoms with van der Waals surface area (Å²) in [6, 6.07) is 0. The van der Waals surface area contributed by atoms with Crippen LogP contribution in [-0.4, -0.2) is 35.5 Å². The first-order valence-electron chi connectivity index (χ1n) is 6.67. The molecule has 4 N–H and O–H groups in total. The van der Waals surface area contributed by atoms with Crippen molar-refractivity contribution in [1.29, 1.82) is 5.41 Å². The van der Waals surface area contributed by atoms with E-state index < -0.39 is 0 Å². The second kappa shape index (κ2) is 6.81. The molecule has 0 saturated carbocycles. The summed E-state index contributed by atoms with van der Waals surface area (Å²) in [5.41, 5.74) is 2.60. The Labute approximate surface area is 105 Å². The van der Waals surface area contributed by atoms with Crippen LogP contribution in [0.2, 0.25) is 0 Å². The van der Waals surface area contributed by atoms with Gasteiger partial charge in [0.15, 0.2) is 0 Å². The number of nitrogens with two attached hydrogens (primary N) is 1. The van der Waals surface area contributed by atoms with Crippen LogP contribution in [0.5, 0.6) is 0 Å². The maximum absolute atomic E-state index is 8.13. The predicted octanol–water partition coefficient (Wildman–Crippen LogP) is 1.38. The normalized spacial score (nSPS) is 17.6. The van der Waals surface area contributed by atoms with E-state index in [-0.39, 0.29) is 0 Å². The van der Waals surface area contributed by atoms with Crippen LogP contribution in [0.15, 0.2) is 0 Å². The molecule has 17 heavy (non-hydrogen) atoms. The summed E-state index contributed by atoms with van der Waals surface area (Å²) in [5.74, 6) is 7.53. The quantitative estimate of drug-likeness (QED) is 0.301. The van der Waals surface area contributed by atoms with Gasteiger partial charge in [-0.3, -0.25) is 16.3 Å². The number of nitrogens with zero attached hydrogens (tertiary/aromatic N) is 2. The van der Waals surface area contributed by atoms with E-state index in [1.807, 2.05) is 0 Å². The Morgan fingerprint density at radius 3 is 2.47 bits per heavy atom. The molecule has 1 heterocycles. The number of nitrogens with one attached hydrogen (secondary N) is 2. The van der Waals surface area contributed by atoms with E-state index >= 15 is 0 Å². The van der Waals surface area contributed by atoms with E-state index in [0.29, 0.717) is 5.96 Å². The number of hydrogen-bond acceptors (Lipinski definition) is 3. The second-order valence-electron chi connectivity index (χ2n) is 5.17. The zero-order valence-corrected chi connectivity index (χ0v) is 11.4. The molecular weight excluding hydrogens is 214 g/mol. The van der Waals surface area contributed by atoms with E-state index in [0.717, 1.165) is 37.9 Å². The Hall–Kier alpha value is -0.810. The van der Waals surface area contributed by atoms with Crippen LogP contribution in [0.25, 0.3) is 0 Å². The first-order chi connectivity index (χ1) is 8.10. The number of likely N-dealkylation sites (tertiary alicyclic amines) is 1. The van der Waals surface area contributed by atoms with Crippen molar-refractivity contribution in [3.05, 3.63) is 0 Å². The topological polar surface area (TPSA) is 68.4 Å². The number of guanidine groups is 1. The second-order valence-corrected chi connectivity index (χ2v) is 5.17. The molecule has 1 aliphatic heterocycles. The lowest BCUT2D eigenvalue weighted by Gasteiger charge is -2.38. The summed E-state index contributed by atoms with van der Waals surface area (Å²) < 4.78 is 0. The third-order valence-corrected chi connectivity index (χ3v) is 3.64. The fraction of sp³-hybridized carbons (Fsp3) is 0.917. The zero-order valence-electron chi connectivity index (χ0n) is 11.4. The molecule has 0 atom stereocenters. The van der Waals surface area contributed by atoms with Crippen LogP contribution in [0.1, 0.15) is 40.0 Å². The molecule has 100 valence electrons. The van der Waals surface area contributed by atoms with Crippen LogP contribution in [0.3, 0.4) is 0 Å². The van der Waals surface area contributed by atoms with Gasteiger partial charge >= 0.3 is 0 Å². The molecule has 1 rings (SSSR count). The molecule has 0 unspecified atom stereocenters. The van der Waals surface area contributed by atoms with Crippen molar-refractivity contribution in [3.63, 3.8) is 0 Å². The summed E-state index contributed by atoms with van der Waals surface area (Å²) in [6.45, 7) is 9.39. The molecular formula is C12H27N5. The van der Waals surface area contributed by atoms with Gasteiger partial charge in [-0.25, -0.2) is 0 Å². The smallest absolute Gasteiger partial charge is 0.209 e. The standard InChI is InChI=1S/C12H27N5/c1-4-7-17(15-14)12(13)16-8-5-11(6-9-16)10(2)3/h10-11,13,15H,4-9,14H2,1-3H3. The van der Waals surface area contributed by atoms with Crippen molar-refractivity contribution < 1.29 is 0 Å². The van der Waals surface area contributed by atoms with Crippen molar-refractivity contribution in [2.75, 3.05) is 19.6 Å². The van der Waals surface area contributed by atoms with Gasteiger partial charge in [0.25, 0.3) is 0 Å². The molecule has 0 bridgehead atoms. The fourth-order valence-electron chi connectivity index (χ4n) is 2.40. The highest BCUT2D eigenvalue weighted by atomic mass is 15.7. The minimum Gasteiger partial charge on any atom is -0.342 e. The molecule has 0 aromatic rings. The SMILES string of the molecule is CCCN(NN)C(=N)N1CCC(C(C)C)CC1. The largest absolute Gasteiger partial charge is 0.342 e. The molecule has 5 nitrogen and oxygen atoms in total. The van der Waals surface area contributed by atoms with E-state index in [4.69, 9.17) is 11.3 Å². The summed E-state index contributed by atoms with van der Waals surface area (Å²) in [6.07, 6.45) is 3.35. The lowest BCUT2D eigenvalue weighted by atomic mass is 9.87. The summed E-state index contributed by atoms with van der Waals surface area (Å²) in [5, 5.41) is 9.84. The van der Waals surface area contributed by atoms with Gasteiger partial charge in [0, 0.05) is 19.6 Å². The molecule has 0 radical (unpaired) electrons. The highest BCUT2D eigenvalue weighted by molar-refractivity contribution is 5.76. The summed E-state index contributed by atoms with van der Waals surface area (Å²) in [4.78, 5) is 2.12. The van der Waals surface area contributed by atoms with Crippen molar-refractivity contribution >= 4 is 5.96 Å². The van der Waals surface area contributed by atoms with Crippen LogP contribution in [0.4, 0.5) is 0 Å². The minimum absolute atomic E-state index is 0.511. The molecule has 0 spiro atoms. The lowest BCUT2D eigenvalue weighted by Crippen LogP contribution is -2.55. The first-order valence-corrected chi connectivity index (χ1v) is 6.67. The van der Waals surface area contributed by atoms with Gasteiger partial charge in [-0.05, 0) is 31.1 Å². The molecule has 1 aliphatic rings. The Morgan fingerprint density at radius 1 is 1.47 bits per heavy atom. The Balaban J connectivity index is 2.44. The van der Waals surface area contributed by atoms with Gasteiger partial charge in [0.1, 0.15) is 0 Å². The average molecular weight is 241 g/mol. The van der Waals surface area contributed by atoms with Crippen LogP contribution in [0, 0.1) is 17.2 Å². The van der Waals surface area contributed by atoms with Gasteiger partial charge in [0.05, 0.1) is 0 Å². The highest BCUT2D eigenvalue weighted by Crippen LogP contribution is 2.24. The molecule has 0 amide bonds. The molecule has 0 aromatic heterocycles. The molecule has 1 saturated heterocycles. The molecule has 1 fully saturated rings. The van der Waals surface area contributed by atoms with Crippen molar-refractivity contribution in [2.24, 2.45) is 17.7 Å². The molecule has 0 aromatic carbocycles. The maximum atomic E-state index is 8.13. The number of hydrazine groups is 2. The minimum atomic E-state index is 0.511. The van der Waals surface area contributed by atoms with Crippen molar-refractivity contribution in [2.45, 2.75) is 40.0 Å². The third kappa shape index (κ3) is 3.85. The van der Waals surface area contributed by atoms with Crippen LogP contribution in [-0.2, 0) is 0 Å². The summed E-state index contributed by atoms with van der Waals surface area (Å²) >= 11 is 0. The van der Waals surface area contributed by atoms with Crippen molar-refractivity contribution in [3.8, 4) is 0 Å². The first kappa shape index (κ1) is 14.3. The molecule has 0 aliphatic carbocycles. The Morgan fingerprint density at radius 2 is 2.06 bits per heavy atom. The average Bonchev–Trinajstić information content (AvgIpc) is 2.35.